The van der Waals surface area contributed by atoms with Gasteiger partial charge in [0.15, 0.2) is 0 Å². The molecule has 2 atom stereocenters. The van der Waals surface area contributed by atoms with Gasteiger partial charge >= 0.3 is 5.43 Å². The molecule has 0 saturated heterocycles. The zero-order chi connectivity index (χ0) is 11.4. The van der Waals surface area contributed by atoms with Gasteiger partial charge in [-0.25, -0.2) is 4.79 Å². The second-order valence-electron chi connectivity index (χ2n) is 4.73. The molecule has 0 spiro atoms. The van der Waals surface area contributed by atoms with Crippen molar-refractivity contribution < 1.29 is 9.53 Å². The predicted molar refractivity (Wildman–Crippen MR) is 62.1 cm³/mol. The highest BCUT2D eigenvalue weighted by Gasteiger charge is 2.36. The maximum absolute atomic E-state index is 10.9. The number of halogens is 1. The van der Waals surface area contributed by atoms with Crippen molar-refractivity contribution in [1.29, 1.82) is 0 Å². The molecular formula is C12H21ClO2. The fraction of sp³-hybridized carbons (Fsp3) is 0.917. The van der Waals surface area contributed by atoms with Gasteiger partial charge in [-0.3, -0.25) is 0 Å². The summed E-state index contributed by atoms with van der Waals surface area (Å²) in [4.78, 5) is 10.9. The van der Waals surface area contributed by atoms with E-state index >= 15 is 0 Å². The van der Waals surface area contributed by atoms with Gasteiger partial charge in [0.2, 0.25) is 0 Å². The third-order valence-electron chi connectivity index (χ3n) is 3.62. The summed E-state index contributed by atoms with van der Waals surface area (Å²) >= 11 is 5.33. The number of carbonyl (C=O) groups excluding carboxylic acids is 1. The number of rotatable bonds is 3. The number of hydrogen-bond acceptors (Lipinski definition) is 2. The molecule has 1 saturated carbocycles. The zero-order valence-electron chi connectivity index (χ0n) is 9.83. The first-order chi connectivity index (χ1) is 7.08. The van der Waals surface area contributed by atoms with Crippen LogP contribution in [0.4, 0.5) is 4.79 Å². The standard InChI is InChI=1S/C12H21ClO2/c1-4-9-6-8(3)7-10(5-2)11(9)15-12(13)14/h8-11H,4-7H2,1-3H3. The van der Waals surface area contributed by atoms with Crippen molar-refractivity contribution in [1.82, 2.24) is 0 Å². The minimum Gasteiger partial charge on any atom is -0.450 e. The van der Waals surface area contributed by atoms with Crippen LogP contribution < -0.4 is 0 Å². The van der Waals surface area contributed by atoms with Crippen LogP contribution in [0.1, 0.15) is 46.5 Å². The summed E-state index contributed by atoms with van der Waals surface area (Å²) < 4.78 is 5.27. The maximum Gasteiger partial charge on any atom is 0.404 e. The van der Waals surface area contributed by atoms with E-state index in [0.29, 0.717) is 11.8 Å². The van der Waals surface area contributed by atoms with Gasteiger partial charge in [-0.1, -0.05) is 20.8 Å². The second-order valence-corrected chi connectivity index (χ2v) is 5.04. The highest BCUT2D eigenvalue weighted by atomic mass is 35.5. The minimum absolute atomic E-state index is 0.0428. The summed E-state index contributed by atoms with van der Waals surface area (Å²) in [5.74, 6) is 1.72. The molecule has 0 aromatic heterocycles. The van der Waals surface area contributed by atoms with Crippen molar-refractivity contribution in [3.63, 3.8) is 0 Å². The summed E-state index contributed by atoms with van der Waals surface area (Å²) in [6.07, 6.45) is 4.48. The molecule has 1 fully saturated rings. The van der Waals surface area contributed by atoms with E-state index in [9.17, 15) is 4.79 Å². The van der Waals surface area contributed by atoms with Gasteiger partial charge in [-0.15, -0.1) is 0 Å². The van der Waals surface area contributed by atoms with Gasteiger partial charge in [-0.05, 0) is 43.4 Å². The van der Waals surface area contributed by atoms with Gasteiger partial charge < -0.3 is 4.74 Å². The summed E-state index contributed by atoms with van der Waals surface area (Å²) in [7, 11) is 0. The highest BCUT2D eigenvalue weighted by molar-refractivity contribution is 6.61. The van der Waals surface area contributed by atoms with Crippen LogP contribution in [0, 0.1) is 17.8 Å². The summed E-state index contributed by atoms with van der Waals surface area (Å²) in [6, 6.07) is 0. The van der Waals surface area contributed by atoms with Crippen LogP contribution in [0.3, 0.4) is 0 Å². The van der Waals surface area contributed by atoms with Gasteiger partial charge in [0, 0.05) is 11.6 Å². The minimum atomic E-state index is -0.647. The molecule has 88 valence electrons. The Kier molecular flexibility index (Phi) is 4.91. The summed E-state index contributed by atoms with van der Waals surface area (Å²) in [6.45, 7) is 6.60. The Morgan fingerprint density at radius 1 is 1.27 bits per heavy atom. The third-order valence-corrected chi connectivity index (χ3v) is 3.71. The van der Waals surface area contributed by atoms with Crippen molar-refractivity contribution in [2.24, 2.45) is 17.8 Å². The highest BCUT2D eigenvalue weighted by Crippen LogP contribution is 2.38. The van der Waals surface area contributed by atoms with Crippen molar-refractivity contribution in [2.45, 2.75) is 52.6 Å². The Morgan fingerprint density at radius 2 is 1.73 bits per heavy atom. The molecular weight excluding hydrogens is 212 g/mol. The molecule has 0 aromatic rings. The van der Waals surface area contributed by atoms with Gasteiger partial charge in [0.05, 0.1) is 0 Å². The second kappa shape index (κ2) is 5.74. The molecule has 2 unspecified atom stereocenters. The van der Waals surface area contributed by atoms with Crippen molar-refractivity contribution in [2.75, 3.05) is 0 Å². The lowest BCUT2D eigenvalue weighted by Gasteiger charge is -2.39. The maximum atomic E-state index is 10.9. The predicted octanol–water partition coefficient (Wildman–Crippen LogP) is 4.21. The van der Waals surface area contributed by atoms with E-state index in [1.165, 1.54) is 0 Å². The first-order valence-electron chi connectivity index (χ1n) is 5.94. The Morgan fingerprint density at radius 3 is 2.07 bits per heavy atom. The molecule has 1 rings (SSSR count). The molecule has 1 aliphatic rings. The Labute approximate surface area is 97.3 Å². The lowest BCUT2D eigenvalue weighted by molar-refractivity contribution is -0.00877. The van der Waals surface area contributed by atoms with E-state index < -0.39 is 5.43 Å². The van der Waals surface area contributed by atoms with E-state index in [1.807, 2.05) is 0 Å². The molecule has 3 heteroatoms. The van der Waals surface area contributed by atoms with Crippen molar-refractivity contribution >= 4 is 17.0 Å². The molecule has 0 bridgehead atoms. The quantitative estimate of drug-likeness (QED) is 0.682. The Bertz CT molecular complexity index is 204. The number of ether oxygens (including phenoxy) is 1. The largest absolute Gasteiger partial charge is 0.450 e. The van der Waals surface area contributed by atoms with Gasteiger partial charge in [-0.2, -0.15) is 0 Å². The molecule has 0 N–H and O–H groups in total. The number of carbonyl (C=O) groups is 1. The third kappa shape index (κ3) is 3.37. The topological polar surface area (TPSA) is 26.3 Å². The van der Waals surface area contributed by atoms with E-state index in [4.69, 9.17) is 16.3 Å². The first-order valence-corrected chi connectivity index (χ1v) is 6.32. The summed E-state index contributed by atoms with van der Waals surface area (Å²) in [5, 5.41) is 0. The van der Waals surface area contributed by atoms with Crippen LogP contribution in [0.25, 0.3) is 0 Å². The average Bonchev–Trinajstić information content (AvgIpc) is 2.19. The lowest BCUT2D eigenvalue weighted by atomic mass is 9.72. The fourth-order valence-corrected chi connectivity index (χ4v) is 2.98. The molecule has 1 aliphatic carbocycles. The molecule has 0 heterocycles. The average molecular weight is 233 g/mol. The van der Waals surface area contributed by atoms with Crippen molar-refractivity contribution in [3.05, 3.63) is 0 Å². The molecule has 0 amide bonds. The molecule has 0 aromatic carbocycles. The van der Waals surface area contributed by atoms with Crippen LogP contribution in [-0.2, 0) is 4.74 Å². The fourth-order valence-electron chi connectivity index (χ4n) is 2.88. The smallest absolute Gasteiger partial charge is 0.404 e. The molecule has 2 nitrogen and oxygen atoms in total. The van der Waals surface area contributed by atoms with E-state index in [-0.39, 0.29) is 6.10 Å². The molecule has 0 aliphatic heterocycles. The number of hydrogen-bond donors (Lipinski definition) is 0. The van der Waals surface area contributed by atoms with E-state index in [0.717, 1.165) is 31.6 Å². The van der Waals surface area contributed by atoms with Crippen LogP contribution in [0.5, 0.6) is 0 Å². The van der Waals surface area contributed by atoms with E-state index in [2.05, 4.69) is 20.8 Å². The summed E-state index contributed by atoms with van der Waals surface area (Å²) in [5.41, 5.74) is -0.647. The van der Waals surface area contributed by atoms with Crippen LogP contribution in [0.15, 0.2) is 0 Å². The lowest BCUT2D eigenvalue weighted by Crippen LogP contribution is -2.38. The molecule has 15 heavy (non-hydrogen) atoms. The van der Waals surface area contributed by atoms with Gasteiger partial charge in [0.1, 0.15) is 6.10 Å². The van der Waals surface area contributed by atoms with Crippen LogP contribution >= 0.6 is 11.6 Å². The Hall–Kier alpha value is -0.240. The Balaban J connectivity index is 2.70. The zero-order valence-corrected chi connectivity index (χ0v) is 10.6. The van der Waals surface area contributed by atoms with Crippen LogP contribution in [0.2, 0.25) is 0 Å². The van der Waals surface area contributed by atoms with Gasteiger partial charge in [0.25, 0.3) is 0 Å². The van der Waals surface area contributed by atoms with Crippen molar-refractivity contribution in [3.8, 4) is 0 Å². The normalized spacial score (nSPS) is 36.3. The SMILES string of the molecule is CCC1CC(C)CC(CC)C1OC(=O)Cl. The first kappa shape index (κ1) is 12.8. The van der Waals surface area contributed by atoms with Crippen LogP contribution in [-0.4, -0.2) is 11.5 Å². The monoisotopic (exact) mass is 232 g/mol. The molecule has 0 radical (unpaired) electrons. The van der Waals surface area contributed by atoms with E-state index in [1.54, 1.807) is 0 Å².